The minimum atomic E-state index is -0.591. The summed E-state index contributed by atoms with van der Waals surface area (Å²) in [6.45, 7) is 5.32. The Morgan fingerprint density at radius 3 is 2.35 bits per heavy atom. The molecular formula is C15H25NO4. The SMILES string of the molecule is COc1ccc(OCC(O)CNCC(C)(C)CO)cc1. The van der Waals surface area contributed by atoms with Crippen molar-refractivity contribution in [3.8, 4) is 11.5 Å². The molecule has 3 N–H and O–H groups in total. The van der Waals surface area contributed by atoms with Gasteiger partial charge in [-0.15, -0.1) is 0 Å². The lowest BCUT2D eigenvalue weighted by molar-refractivity contribution is 0.0980. The normalized spacial score (nSPS) is 13.1. The molecule has 0 amide bonds. The molecule has 1 rings (SSSR count). The molecule has 0 aliphatic heterocycles. The molecule has 114 valence electrons. The highest BCUT2D eigenvalue weighted by atomic mass is 16.5. The summed E-state index contributed by atoms with van der Waals surface area (Å²) < 4.78 is 10.5. The predicted molar refractivity (Wildman–Crippen MR) is 78.2 cm³/mol. The molecule has 1 unspecified atom stereocenters. The van der Waals surface area contributed by atoms with Crippen LogP contribution >= 0.6 is 0 Å². The molecule has 0 fully saturated rings. The molecule has 1 atom stereocenters. The molecule has 0 saturated carbocycles. The molecule has 5 nitrogen and oxygen atoms in total. The van der Waals surface area contributed by atoms with Gasteiger partial charge in [-0.3, -0.25) is 0 Å². The first-order chi connectivity index (χ1) is 9.46. The van der Waals surface area contributed by atoms with Crippen LogP contribution in [0, 0.1) is 5.41 Å². The summed E-state index contributed by atoms with van der Waals surface area (Å²) in [6, 6.07) is 7.22. The molecule has 5 heteroatoms. The van der Waals surface area contributed by atoms with Crippen molar-refractivity contribution >= 4 is 0 Å². The molecule has 0 aliphatic rings. The fourth-order valence-corrected chi connectivity index (χ4v) is 1.56. The molecule has 0 radical (unpaired) electrons. The van der Waals surface area contributed by atoms with Gasteiger partial charge in [0.05, 0.1) is 7.11 Å². The van der Waals surface area contributed by atoms with Gasteiger partial charge >= 0.3 is 0 Å². The summed E-state index contributed by atoms with van der Waals surface area (Å²) in [5, 5.41) is 22.0. The summed E-state index contributed by atoms with van der Waals surface area (Å²) in [6.07, 6.45) is -0.591. The molecule has 0 aliphatic carbocycles. The number of hydrogen-bond acceptors (Lipinski definition) is 5. The lowest BCUT2D eigenvalue weighted by Crippen LogP contribution is -2.38. The van der Waals surface area contributed by atoms with Crippen LogP contribution in [0.1, 0.15) is 13.8 Å². The van der Waals surface area contributed by atoms with Gasteiger partial charge in [-0.1, -0.05) is 13.8 Å². The third-order valence-corrected chi connectivity index (χ3v) is 2.91. The van der Waals surface area contributed by atoms with Gasteiger partial charge < -0.3 is 25.0 Å². The zero-order valence-electron chi connectivity index (χ0n) is 12.4. The summed E-state index contributed by atoms with van der Waals surface area (Å²) in [5.74, 6) is 1.46. The van der Waals surface area contributed by atoms with Crippen molar-refractivity contribution in [1.82, 2.24) is 5.32 Å². The van der Waals surface area contributed by atoms with Gasteiger partial charge in [0.25, 0.3) is 0 Å². The number of nitrogens with one attached hydrogen (secondary N) is 1. The van der Waals surface area contributed by atoms with Crippen molar-refractivity contribution in [3.05, 3.63) is 24.3 Å². The third-order valence-electron chi connectivity index (χ3n) is 2.91. The Hall–Kier alpha value is -1.30. The van der Waals surface area contributed by atoms with Crippen LogP contribution in [-0.4, -0.2) is 49.7 Å². The zero-order chi connectivity index (χ0) is 15.0. The van der Waals surface area contributed by atoms with Gasteiger partial charge in [-0.25, -0.2) is 0 Å². The van der Waals surface area contributed by atoms with Crippen LogP contribution < -0.4 is 14.8 Å². The van der Waals surface area contributed by atoms with Gasteiger partial charge in [0.1, 0.15) is 24.2 Å². The Kier molecular flexibility index (Phi) is 6.78. The number of aliphatic hydroxyl groups excluding tert-OH is 2. The van der Waals surface area contributed by atoms with Crippen LogP contribution in [0.25, 0.3) is 0 Å². The Bertz CT molecular complexity index is 378. The Balaban J connectivity index is 2.23. The van der Waals surface area contributed by atoms with E-state index in [0.717, 1.165) is 5.75 Å². The van der Waals surface area contributed by atoms with Crippen molar-refractivity contribution in [1.29, 1.82) is 0 Å². The first kappa shape index (κ1) is 16.8. The number of ether oxygens (including phenoxy) is 2. The highest BCUT2D eigenvalue weighted by molar-refractivity contribution is 5.31. The second-order valence-electron chi connectivity index (χ2n) is 5.59. The van der Waals surface area contributed by atoms with Crippen molar-refractivity contribution in [2.24, 2.45) is 5.41 Å². The third kappa shape index (κ3) is 6.23. The summed E-state index contributed by atoms with van der Waals surface area (Å²) >= 11 is 0. The number of benzene rings is 1. The maximum absolute atomic E-state index is 9.81. The van der Waals surface area contributed by atoms with Crippen LogP contribution in [0.4, 0.5) is 0 Å². The van der Waals surface area contributed by atoms with Crippen molar-refractivity contribution in [3.63, 3.8) is 0 Å². The summed E-state index contributed by atoms with van der Waals surface area (Å²) in [4.78, 5) is 0. The lowest BCUT2D eigenvalue weighted by atomic mass is 9.95. The minimum absolute atomic E-state index is 0.110. The van der Waals surface area contributed by atoms with Crippen molar-refractivity contribution < 1.29 is 19.7 Å². The van der Waals surface area contributed by atoms with Gasteiger partial charge in [0.2, 0.25) is 0 Å². The van der Waals surface area contributed by atoms with Crippen LogP contribution in [-0.2, 0) is 0 Å². The smallest absolute Gasteiger partial charge is 0.119 e. The average Bonchev–Trinajstić information content (AvgIpc) is 2.45. The van der Waals surface area contributed by atoms with Gasteiger partial charge in [0, 0.05) is 25.1 Å². The monoisotopic (exact) mass is 283 g/mol. The van der Waals surface area contributed by atoms with Crippen LogP contribution in [0.15, 0.2) is 24.3 Å². The second-order valence-corrected chi connectivity index (χ2v) is 5.59. The Morgan fingerprint density at radius 1 is 1.20 bits per heavy atom. The van der Waals surface area contributed by atoms with E-state index in [4.69, 9.17) is 14.6 Å². The standard InChI is InChI=1S/C15H25NO4/c1-15(2,11-17)10-16-8-12(18)9-20-14-6-4-13(19-3)5-7-14/h4-7,12,16-18H,8-11H2,1-3H3. The molecule has 1 aromatic rings. The second kappa shape index (κ2) is 8.09. The number of hydrogen-bond donors (Lipinski definition) is 3. The average molecular weight is 283 g/mol. The van der Waals surface area contributed by atoms with E-state index in [9.17, 15) is 5.11 Å². The molecule has 0 spiro atoms. The first-order valence-electron chi connectivity index (χ1n) is 6.73. The maximum Gasteiger partial charge on any atom is 0.119 e. The topological polar surface area (TPSA) is 71.0 Å². The van der Waals surface area contributed by atoms with E-state index in [1.54, 1.807) is 19.2 Å². The van der Waals surface area contributed by atoms with E-state index in [2.05, 4.69) is 5.32 Å². The molecular weight excluding hydrogens is 258 g/mol. The minimum Gasteiger partial charge on any atom is -0.497 e. The van der Waals surface area contributed by atoms with Crippen LogP contribution in [0.3, 0.4) is 0 Å². The quantitative estimate of drug-likeness (QED) is 0.632. The zero-order valence-corrected chi connectivity index (χ0v) is 12.4. The van der Waals surface area contributed by atoms with E-state index in [-0.39, 0.29) is 18.6 Å². The number of methoxy groups -OCH3 is 1. The van der Waals surface area contributed by atoms with Crippen LogP contribution in [0.5, 0.6) is 11.5 Å². The maximum atomic E-state index is 9.81. The van der Waals surface area contributed by atoms with E-state index < -0.39 is 6.10 Å². The molecule has 0 heterocycles. The highest BCUT2D eigenvalue weighted by Crippen LogP contribution is 2.17. The summed E-state index contributed by atoms with van der Waals surface area (Å²) in [7, 11) is 1.61. The molecule has 1 aromatic carbocycles. The van der Waals surface area contributed by atoms with E-state index >= 15 is 0 Å². The predicted octanol–water partition coefficient (Wildman–Crippen LogP) is 1.04. The Labute approximate surface area is 120 Å². The van der Waals surface area contributed by atoms with Gasteiger partial charge in [-0.2, -0.15) is 0 Å². The fourth-order valence-electron chi connectivity index (χ4n) is 1.56. The number of rotatable bonds is 9. The highest BCUT2D eigenvalue weighted by Gasteiger charge is 2.16. The fraction of sp³-hybridized carbons (Fsp3) is 0.600. The van der Waals surface area contributed by atoms with E-state index in [1.165, 1.54) is 0 Å². The first-order valence-corrected chi connectivity index (χ1v) is 6.73. The molecule has 0 saturated heterocycles. The lowest BCUT2D eigenvalue weighted by Gasteiger charge is -2.23. The van der Waals surface area contributed by atoms with Crippen molar-refractivity contribution in [2.45, 2.75) is 20.0 Å². The van der Waals surface area contributed by atoms with Crippen molar-refractivity contribution in [2.75, 3.05) is 33.4 Å². The molecule has 20 heavy (non-hydrogen) atoms. The molecule has 0 bridgehead atoms. The van der Waals surface area contributed by atoms with Gasteiger partial charge in [-0.05, 0) is 24.3 Å². The molecule has 0 aromatic heterocycles. The van der Waals surface area contributed by atoms with E-state index in [0.29, 0.717) is 18.8 Å². The van der Waals surface area contributed by atoms with Crippen LogP contribution in [0.2, 0.25) is 0 Å². The number of aliphatic hydroxyl groups is 2. The largest absolute Gasteiger partial charge is 0.497 e. The summed E-state index contributed by atoms with van der Waals surface area (Å²) in [5.41, 5.74) is -0.184. The van der Waals surface area contributed by atoms with E-state index in [1.807, 2.05) is 26.0 Å². The Morgan fingerprint density at radius 2 is 1.80 bits per heavy atom. The van der Waals surface area contributed by atoms with Gasteiger partial charge in [0.15, 0.2) is 0 Å².